The van der Waals surface area contributed by atoms with Crippen molar-refractivity contribution in [1.82, 2.24) is 19.9 Å². The molecule has 0 radical (unpaired) electrons. The Bertz CT molecular complexity index is 1430. The van der Waals surface area contributed by atoms with Crippen LogP contribution in [-0.2, 0) is 6.18 Å². The summed E-state index contributed by atoms with van der Waals surface area (Å²) in [6.45, 7) is 2.06. The molecule has 0 atom stereocenters. The van der Waals surface area contributed by atoms with E-state index in [0.717, 1.165) is 29.8 Å². The van der Waals surface area contributed by atoms with Crippen LogP contribution < -0.4 is 15.5 Å². The highest BCUT2D eigenvalue weighted by molar-refractivity contribution is 6.04. The highest BCUT2D eigenvalue weighted by Gasteiger charge is 2.30. The van der Waals surface area contributed by atoms with Crippen LogP contribution in [0.4, 0.5) is 36.3 Å². The van der Waals surface area contributed by atoms with Crippen LogP contribution in [0.2, 0.25) is 0 Å². The number of carbonyl (C=O) groups is 1. The predicted molar refractivity (Wildman–Crippen MR) is 135 cm³/mol. The molecule has 4 aromatic rings. The molecular formula is C25H24F3N7O3. The number of hydrogen-bond acceptors (Lipinski definition) is 9. The molecule has 4 N–H and O–H groups in total. The molecule has 10 nitrogen and oxygen atoms in total. The lowest BCUT2D eigenvalue weighted by atomic mass is 10.1. The molecule has 0 unspecified atom stereocenters. The van der Waals surface area contributed by atoms with Gasteiger partial charge < -0.3 is 25.7 Å². The fourth-order valence-electron chi connectivity index (χ4n) is 3.62. The summed E-state index contributed by atoms with van der Waals surface area (Å²) in [7, 11) is 0. The van der Waals surface area contributed by atoms with Crippen LogP contribution in [0.3, 0.4) is 0 Å². The summed E-state index contributed by atoms with van der Waals surface area (Å²) in [4.78, 5) is 31.5. The predicted octanol–water partition coefficient (Wildman–Crippen LogP) is 3.53. The van der Waals surface area contributed by atoms with Gasteiger partial charge in [0.2, 0.25) is 5.95 Å². The first-order valence-corrected chi connectivity index (χ1v) is 11.5. The molecule has 0 bridgehead atoms. The second-order valence-corrected chi connectivity index (χ2v) is 8.25. The van der Waals surface area contributed by atoms with Crippen molar-refractivity contribution < 1.29 is 28.2 Å². The normalized spacial score (nSPS) is 11.4. The molecule has 0 saturated carbocycles. The molecule has 198 valence electrons. The van der Waals surface area contributed by atoms with Gasteiger partial charge in [0.15, 0.2) is 5.65 Å². The summed E-state index contributed by atoms with van der Waals surface area (Å²) in [5.41, 5.74) is 1.46. The Labute approximate surface area is 215 Å². The zero-order valence-corrected chi connectivity index (χ0v) is 20.2. The fraction of sp³-hybridized carbons (Fsp3) is 0.240. The van der Waals surface area contributed by atoms with E-state index in [0.29, 0.717) is 34.2 Å². The van der Waals surface area contributed by atoms with Gasteiger partial charge in [0, 0.05) is 36.2 Å². The third-order valence-electron chi connectivity index (χ3n) is 5.62. The summed E-state index contributed by atoms with van der Waals surface area (Å²) >= 11 is 0. The van der Waals surface area contributed by atoms with Crippen molar-refractivity contribution in [2.24, 2.45) is 0 Å². The average Bonchev–Trinajstić information content (AvgIpc) is 2.90. The molecule has 2 heterocycles. The van der Waals surface area contributed by atoms with Gasteiger partial charge in [-0.1, -0.05) is 6.07 Å². The largest absolute Gasteiger partial charge is 0.416 e. The number of alkyl halides is 3. The number of fused-ring (bicyclic) bond motifs is 1. The van der Waals surface area contributed by atoms with Gasteiger partial charge >= 0.3 is 6.18 Å². The summed E-state index contributed by atoms with van der Waals surface area (Å²) in [5, 5.41) is 24.9. The van der Waals surface area contributed by atoms with E-state index < -0.39 is 17.6 Å². The molecule has 1 amide bonds. The fourth-order valence-corrected chi connectivity index (χ4v) is 3.62. The summed E-state index contributed by atoms with van der Waals surface area (Å²) in [5.74, 6) is 0.151. The van der Waals surface area contributed by atoms with Gasteiger partial charge in [0.1, 0.15) is 12.1 Å². The summed E-state index contributed by atoms with van der Waals surface area (Å²) < 4.78 is 38.4. The number of anilines is 4. The Morgan fingerprint density at radius 3 is 2.37 bits per heavy atom. The summed E-state index contributed by atoms with van der Waals surface area (Å²) in [6, 6.07) is 9.07. The first-order chi connectivity index (χ1) is 18.2. The van der Waals surface area contributed by atoms with Crippen molar-refractivity contribution in [3.63, 3.8) is 0 Å². The minimum Gasteiger partial charge on any atom is -0.395 e. The minimum absolute atomic E-state index is 0.0827. The lowest BCUT2D eigenvalue weighted by Crippen LogP contribution is -2.31. The van der Waals surface area contributed by atoms with Crippen LogP contribution in [-0.4, -0.2) is 62.4 Å². The van der Waals surface area contributed by atoms with Gasteiger partial charge in [-0.3, -0.25) is 4.79 Å². The van der Waals surface area contributed by atoms with Gasteiger partial charge in [-0.15, -0.1) is 0 Å². The molecule has 2 aromatic heterocycles. The molecule has 0 fully saturated rings. The maximum atomic E-state index is 12.8. The standard InChI is InChI=1S/C25H24F3N7O3/c1-15-2-7-18(32-23(38)16-3-5-17(6-4-16)25(26,27)28)12-20(15)33-21-19-13-29-24(34-22(19)31-14-30-21)35(8-10-36)9-11-37/h2-7,12-14,36-37H,8-11H2,1H3,(H,32,38)(H,29,30,31,33,34). The van der Waals surface area contributed by atoms with Gasteiger partial charge in [-0.2, -0.15) is 18.2 Å². The number of nitrogens with one attached hydrogen (secondary N) is 2. The third-order valence-corrected chi connectivity index (χ3v) is 5.62. The lowest BCUT2D eigenvalue weighted by Gasteiger charge is -2.20. The van der Waals surface area contributed by atoms with Crippen molar-refractivity contribution in [3.05, 3.63) is 71.7 Å². The number of benzene rings is 2. The third kappa shape index (κ3) is 6.12. The van der Waals surface area contributed by atoms with E-state index in [1.54, 1.807) is 23.1 Å². The first kappa shape index (κ1) is 26.7. The SMILES string of the molecule is Cc1ccc(NC(=O)c2ccc(C(F)(F)F)cc2)cc1Nc1ncnc2nc(N(CCO)CCO)ncc12. The van der Waals surface area contributed by atoms with Crippen LogP contribution in [0, 0.1) is 6.92 Å². The first-order valence-electron chi connectivity index (χ1n) is 11.5. The minimum atomic E-state index is -4.48. The lowest BCUT2D eigenvalue weighted by molar-refractivity contribution is -0.137. The molecule has 38 heavy (non-hydrogen) atoms. The molecule has 4 rings (SSSR count). The van der Waals surface area contributed by atoms with E-state index >= 15 is 0 Å². The van der Waals surface area contributed by atoms with E-state index in [-0.39, 0.29) is 31.9 Å². The summed E-state index contributed by atoms with van der Waals surface area (Å²) in [6.07, 6.45) is -1.62. The van der Waals surface area contributed by atoms with Crippen LogP contribution in [0.25, 0.3) is 11.0 Å². The number of rotatable bonds is 9. The topological polar surface area (TPSA) is 136 Å². The van der Waals surface area contributed by atoms with Crippen molar-refractivity contribution >= 4 is 40.1 Å². The monoisotopic (exact) mass is 527 g/mol. The quantitative estimate of drug-likeness (QED) is 0.258. The van der Waals surface area contributed by atoms with Crippen molar-refractivity contribution in [2.75, 3.05) is 41.8 Å². The Morgan fingerprint density at radius 1 is 1.00 bits per heavy atom. The van der Waals surface area contributed by atoms with Crippen molar-refractivity contribution in [2.45, 2.75) is 13.1 Å². The molecule has 0 spiro atoms. The Balaban J connectivity index is 1.55. The molecule has 0 aliphatic heterocycles. The van der Waals surface area contributed by atoms with E-state index in [9.17, 15) is 28.2 Å². The Hall–Kier alpha value is -4.36. The number of halogens is 3. The second kappa shape index (κ2) is 11.4. The Kier molecular flexibility index (Phi) is 7.98. The number of aromatic nitrogens is 4. The van der Waals surface area contributed by atoms with Gasteiger partial charge in [0.25, 0.3) is 5.91 Å². The highest BCUT2D eigenvalue weighted by Crippen LogP contribution is 2.30. The van der Waals surface area contributed by atoms with Crippen LogP contribution in [0.1, 0.15) is 21.5 Å². The Morgan fingerprint density at radius 2 is 1.71 bits per heavy atom. The number of aliphatic hydroxyl groups excluding tert-OH is 2. The number of aliphatic hydroxyl groups is 2. The molecule has 13 heteroatoms. The van der Waals surface area contributed by atoms with Gasteiger partial charge in [-0.05, 0) is 48.9 Å². The van der Waals surface area contributed by atoms with Crippen LogP contribution in [0.15, 0.2) is 55.0 Å². The van der Waals surface area contributed by atoms with Gasteiger partial charge in [0.05, 0.1) is 24.2 Å². The molecule has 0 saturated heterocycles. The molecule has 0 aliphatic rings. The number of carbonyl (C=O) groups excluding carboxylic acids is 1. The molecule has 0 aliphatic carbocycles. The maximum Gasteiger partial charge on any atom is 0.416 e. The number of amides is 1. The van der Waals surface area contributed by atoms with Crippen LogP contribution in [0.5, 0.6) is 0 Å². The number of hydrogen-bond donors (Lipinski definition) is 4. The second-order valence-electron chi connectivity index (χ2n) is 8.25. The zero-order valence-electron chi connectivity index (χ0n) is 20.2. The highest BCUT2D eigenvalue weighted by atomic mass is 19.4. The molecular weight excluding hydrogens is 503 g/mol. The van der Waals surface area contributed by atoms with E-state index in [1.807, 2.05) is 6.92 Å². The average molecular weight is 528 g/mol. The van der Waals surface area contributed by atoms with E-state index in [1.165, 1.54) is 12.5 Å². The van der Waals surface area contributed by atoms with Crippen molar-refractivity contribution in [1.29, 1.82) is 0 Å². The maximum absolute atomic E-state index is 12.8. The van der Waals surface area contributed by atoms with E-state index in [4.69, 9.17) is 0 Å². The number of nitrogens with zero attached hydrogens (tertiary/aromatic N) is 5. The van der Waals surface area contributed by atoms with E-state index in [2.05, 4.69) is 30.6 Å². The molecule has 2 aromatic carbocycles. The van der Waals surface area contributed by atoms with Crippen LogP contribution >= 0.6 is 0 Å². The zero-order chi connectivity index (χ0) is 27.3. The number of aryl methyl sites for hydroxylation is 1. The smallest absolute Gasteiger partial charge is 0.395 e. The van der Waals surface area contributed by atoms with Gasteiger partial charge in [-0.25, -0.2) is 15.0 Å². The van der Waals surface area contributed by atoms with Crippen molar-refractivity contribution in [3.8, 4) is 0 Å².